The molecule has 0 saturated heterocycles. The molecule has 0 aromatic heterocycles. The summed E-state index contributed by atoms with van der Waals surface area (Å²) >= 11 is 0. The molecule has 0 spiro atoms. The van der Waals surface area contributed by atoms with Crippen molar-refractivity contribution in [1.29, 1.82) is 0 Å². The summed E-state index contributed by atoms with van der Waals surface area (Å²) in [5.74, 6) is 0. The second-order valence-corrected chi connectivity index (χ2v) is 2.90. The zero-order chi connectivity index (χ0) is 9.52. The second kappa shape index (κ2) is 5.20. The van der Waals surface area contributed by atoms with Crippen LogP contribution in [0, 0.1) is 0 Å². The Morgan fingerprint density at radius 2 is 2.00 bits per heavy atom. The van der Waals surface area contributed by atoms with Gasteiger partial charge in [0.05, 0.1) is 0 Å². The van der Waals surface area contributed by atoms with Gasteiger partial charge in [0.2, 0.25) is 0 Å². The lowest BCUT2D eigenvalue weighted by molar-refractivity contribution is 1.06. The molecule has 13 heavy (non-hydrogen) atoms. The summed E-state index contributed by atoms with van der Waals surface area (Å²) in [6, 6.07) is 7.85. The van der Waals surface area contributed by atoms with Gasteiger partial charge in [-0.15, -0.1) is 6.58 Å². The first-order valence-corrected chi connectivity index (χ1v) is 4.46. The largest absolute Gasteiger partial charge is 0.398 e. The standard InChI is InChI=1S/C12H15N/c1-2-3-4-5-8-11-9-6-7-10-12(11)13/h2,5-10H,1,3-4,13H2. The number of para-hydroxylation sites is 1. The molecule has 0 aliphatic rings. The molecule has 1 rings (SSSR count). The van der Waals surface area contributed by atoms with Gasteiger partial charge in [-0.05, 0) is 24.5 Å². The lowest BCUT2D eigenvalue weighted by Gasteiger charge is -1.97. The third-order valence-electron chi connectivity index (χ3n) is 1.83. The van der Waals surface area contributed by atoms with Crippen LogP contribution in [0.4, 0.5) is 5.69 Å². The normalized spacial score (nSPS) is 10.5. The molecular formula is C12H15N. The smallest absolute Gasteiger partial charge is 0.0387 e. The van der Waals surface area contributed by atoms with Crippen LogP contribution in [-0.4, -0.2) is 0 Å². The maximum absolute atomic E-state index is 5.76. The van der Waals surface area contributed by atoms with Crippen molar-refractivity contribution in [2.75, 3.05) is 5.73 Å². The van der Waals surface area contributed by atoms with E-state index in [0.717, 1.165) is 24.1 Å². The average molecular weight is 173 g/mol. The molecule has 1 nitrogen and oxygen atoms in total. The highest BCUT2D eigenvalue weighted by atomic mass is 14.5. The van der Waals surface area contributed by atoms with Gasteiger partial charge in [0.1, 0.15) is 0 Å². The van der Waals surface area contributed by atoms with Crippen LogP contribution in [-0.2, 0) is 0 Å². The molecule has 1 heteroatoms. The maximum Gasteiger partial charge on any atom is 0.0387 e. The van der Waals surface area contributed by atoms with Crippen LogP contribution < -0.4 is 5.73 Å². The van der Waals surface area contributed by atoms with Crippen LogP contribution in [0.15, 0.2) is 43.0 Å². The molecule has 68 valence electrons. The number of hydrogen-bond donors (Lipinski definition) is 1. The summed E-state index contributed by atoms with van der Waals surface area (Å²) in [6.45, 7) is 3.66. The molecule has 0 amide bonds. The van der Waals surface area contributed by atoms with E-state index >= 15 is 0 Å². The molecule has 0 aliphatic carbocycles. The van der Waals surface area contributed by atoms with Crippen molar-refractivity contribution < 1.29 is 0 Å². The monoisotopic (exact) mass is 173 g/mol. The molecule has 1 aromatic carbocycles. The highest BCUT2D eigenvalue weighted by Gasteiger charge is 1.89. The van der Waals surface area contributed by atoms with Crippen molar-refractivity contribution in [1.82, 2.24) is 0 Å². The Balaban J connectivity index is 2.58. The number of nitrogens with two attached hydrogens (primary N) is 1. The fraction of sp³-hybridized carbons (Fsp3) is 0.167. The van der Waals surface area contributed by atoms with Gasteiger partial charge in [-0.2, -0.15) is 0 Å². The first kappa shape index (κ1) is 9.59. The van der Waals surface area contributed by atoms with Crippen LogP contribution in [0.3, 0.4) is 0 Å². The van der Waals surface area contributed by atoms with Gasteiger partial charge in [-0.3, -0.25) is 0 Å². The topological polar surface area (TPSA) is 26.0 Å². The van der Waals surface area contributed by atoms with Crippen molar-refractivity contribution in [2.45, 2.75) is 12.8 Å². The van der Waals surface area contributed by atoms with Crippen molar-refractivity contribution in [3.05, 3.63) is 48.6 Å². The molecule has 0 radical (unpaired) electrons. The minimum Gasteiger partial charge on any atom is -0.398 e. The number of allylic oxidation sites excluding steroid dienone is 2. The molecule has 2 N–H and O–H groups in total. The van der Waals surface area contributed by atoms with Gasteiger partial charge in [0.25, 0.3) is 0 Å². The van der Waals surface area contributed by atoms with Crippen molar-refractivity contribution in [2.24, 2.45) is 0 Å². The molecule has 0 fully saturated rings. The molecule has 0 atom stereocenters. The molecule has 1 aromatic rings. The lowest BCUT2D eigenvalue weighted by Crippen LogP contribution is -1.87. The third-order valence-corrected chi connectivity index (χ3v) is 1.83. The van der Waals surface area contributed by atoms with Gasteiger partial charge >= 0.3 is 0 Å². The van der Waals surface area contributed by atoms with E-state index in [0.29, 0.717) is 0 Å². The van der Waals surface area contributed by atoms with E-state index in [1.165, 1.54) is 0 Å². The Kier molecular flexibility index (Phi) is 3.83. The van der Waals surface area contributed by atoms with Gasteiger partial charge in [0.15, 0.2) is 0 Å². The minimum atomic E-state index is 0.831. The van der Waals surface area contributed by atoms with Gasteiger partial charge in [-0.1, -0.05) is 36.4 Å². The van der Waals surface area contributed by atoms with Crippen LogP contribution in [0.1, 0.15) is 18.4 Å². The summed E-state index contributed by atoms with van der Waals surface area (Å²) in [4.78, 5) is 0. The highest BCUT2D eigenvalue weighted by molar-refractivity contribution is 5.63. The fourth-order valence-electron chi connectivity index (χ4n) is 1.09. The van der Waals surface area contributed by atoms with Crippen molar-refractivity contribution in [3.63, 3.8) is 0 Å². The Hall–Kier alpha value is -1.50. The maximum atomic E-state index is 5.76. The van der Waals surface area contributed by atoms with E-state index in [1.54, 1.807) is 0 Å². The van der Waals surface area contributed by atoms with Gasteiger partial charge < -0.3 is 5.73 Å². The Morgan fingerprint density at radius 3 is 2.69 bits per heavy atom. The van der Waals surface area contributed by atoms with Gasteiger partial charge in [-0.25, -0.2) is 0 Å². The first-order valence-electron chi connectivity index (χ1n) is 4.46. The molecule has 0 aliphatic heterocycles. The highest BCUT2D eigenvalue weighted by Crippen LogP contribution is 2.12. The minimum absolute atomic E-state index is 0.831. The summed E-state index contributed by atoms with van der Waals surface area (Å²) in [5, 5.41) is 0. The summed E-state index contributed by atoms with van der Waals surface area (Å²) < 4.78 is 0. The number of anilines is 1. The van der Waals surface area contributed by atoms with E-state index in [4.69, 9.17) is 5.73 Å². The second-order valence-electron chi connectivity index (χ2n) is 2.90. The lowest BCUT2D eigenvalue weighted by atomic mass is 10.1. The molecule has 0 heterocycles. The SMILES string of the molecule is C=CCCC=Cc1ccccc1N. The molecule has 0 unspecified atom stereocenters. The zero-order valence-corrected chi connectivity index (χ0v) is 7.74. The van der Waals surface area contributed by atoms with Gasteiger partial charge in [0, 0.05) is 5.69 Å². The van der Waals surface area contributed by atoms with Crippen molar-refractivity contribution in [3.8, 4) is 0 Å². The van der Waals surface area contributed by atoms with E-state index in [2.05, 4.69) is 18.7 Å². The fourth-order valence-corrected chi connectivity index (χ4v) is 1.09. The van der Waals surface area contributed by atoms with Crippen LogP contribution in [0.2, 0.25) is 0 Å². The Bertz CT molecular complexity index is 300. The quantitative estimate of drug-likeness (QED) is 0.422. The predicted octanol–water partition coefficient (Wildman–Crippen LogP) is 3.25. The zero-order valence-electron chi connectivity index (χ0n) is 7.74. The van der Waals surface area contributed by atoms with Crippen LogP contribution in [0.25, 0.3) is 6.08 Å². The van der Waals surface area contributed by atoms with E-state index in [-0.39, 0.29) is 0 Å². The number of unbranched alkanes of at least 4 members (excludes halogenated alkanes) is 1. The Labute approximate surface area is 79.6 Å². The van der Waals surface area contributed by atoms with Crippen molar-refractivity contribution >= 4 is 11.8 Å². The summed E-state index contributed by atoms with van der Waals surface area (Å²) in [7, 11) is 0. The van der Waals surface area contributed by atoms with E-state index < -0.39 is 0 Å². The first-order chi connectivity index (χ1) is 6.34. The third kappa shape index (κ3) is 3.16. The molecular weight excluding hydrogens is 158 g/mol. The number of benzene rings is 1. The summed E-state index contributed by atoms with van der Waals surface area (Å²) in [5.41, 5.74) is 7.68. The number of rotatable bonds is 4. The van der Waals surface area contributed by atoms with Crippen LogP contribution in [0.5, 0.6) is 0 Å². The van der Waals surface area contributed by atoms with Crippen LogP contribution >= 0.6 is 0 Å². The summed E-state index contributed by atoms with van der Waals surface area (Å²) in [6.07, 6.45) is 8.13. The average Bonchev–Trinajstić information content (AvgIpc) is 2.15. The van der Waals surface area contributed by atoms with E-state index in [9.17, 15) is 0 Å². The van der Waals surface area contributed by atoms with E-state index in [1.807, 2.05) is 30.3 Å². The molecule has 0 saturated carbocycles. The predicted molar refractivity (Wildman–Crippen MR) is 59.3 cm³/mol. The molecule has 0 bridgehead atoms. The Morgan fingerprint density at radius 1 is 1.23 bits per heavy atom. The number of hydrogen-bond acceptors (Lipinski definition) is 1. The number of nitrogen functional groups attached to an aromatic ring is 1.